The van der Waals surface area contributed by atoms with Crippen LogP contribution in [0.25, 0.3) is 0 Å². The Morgan fingerprint density at radius 3 is 3.00 bits per heavy atom. The van der Waals surface area contributed by atoms with Gasteiger partial charge in [-0.3, -0.25) is 4.90 Å². The summed E-state index contributed by atoms with van der Waals surface area (Å²) in [5.41, 5.74) is 0. The lowest BCUT2D eigenvalue weighted by molar-refractivity contribution is 0.122. The van der Waals surface area contributed by atoms with Crippen LogP contribution in [0.2, 0.25) is 0 Å². The fourth-order valence-electron chi connectivity index (χ4n) is 0.738. The molecule has 1 heterocycles. The summed E-state index contributed by atoms with van der Waals surface area (Å²) in [7, 11) is 0. The Hall–Kier alpha value is -0.120. The second kappa shape index (κ2) is 3.02. The molecule has 0 unspecified atom stereocenters. The van der Waals surface area contributed by atoms with Crippen LogP contribution in [-0.2, 0) is 0 Å². The molecule has 3 nitrogen and oxygen atoms in total. The van der Waals surface area contributed by atoms with Crippen molar-refractivity contribution in [2.75, 3.05) is 26.4 Å². The molecule has 0 spiro atoms. The van der Waals surface area contributed by atoms with Crippen molar-refractivity contribution in [2.24, 2.45) is 0 Å². The van der Waals surface area contributed by atoms with Gasteiger partial charge >= 0.3 is 0 Å². The van der Waals surface area contributed by atoms with Gasteiger partial charge < -0.3 is 10.4 Å². The zero-order chi connectivity index (χ0) is 5.82. The van der Waals surface area contributed by atoms with Crippen molar-refractivity contribution < 1.29 is 5.11 Å². The second-order valence-corrected chi connectivity index (χ2v) is 1.84. The lowest BCUT2D eigenvalue weighted by Crippen LogP contribution is -2.40. The zero-order valence-electron chi connectivity index (χ0n) is 4.80. The zero-order valence-corrected chi connectivity index (χ0v) is 4.80. The first kappa shape index (κ1) is 6.01. The summed E-state index contributed by atoms with van der Waals surface area (Å²) in [4.78, 5) is 1.89. The van der Waals surface area contributed by atoms with Crippen molar-refractivity contribution in [3.05, 3.63) is 6.54 Å². The molecule has 0 aromatic carbocycles. The molecule has 0 atom stereocenters. The van der Waals surface area contributed by atoms with Crippen LogP contribution >= 0.6 is 0 Å². The van der Waals surface area contributed by atoms with Gasteiger partial charge in [0.25, 0.3) is 0 Å². The normalized spacial score (nSPS) is 23.6. The molecule has 0 aromatic rings. The van der Waals surface area contributed by atoms with Gasteiger partial charge in [0.1, 0.15) is 0 Å². The molecule has 0 aliphatic carbocycles. The van der Waals surface area contributed by atoms with Crippen LogP contribution in [0.3, 0.4) is 0 Å². The minimum atomic E-state index is 0.154. The Labute approximate surface area is 49.3 Å². The van der Waals surface area contributed by atoms with E-state index in [0.29, 0.717) is 0 Å². The SMILES string of the molecule is OCN1[CH]CNCC1. The molecule has 0 bridgehead atoms. The van der Waals surface area contributed by atoms with Gasteiger partial charge in [-0.05, 0) is 0 Å². The van der Waals surface area contributed by atoms with Gasteiger partial charge in [-0.1, -0.05) is 0 Å². The highest BCUT2D eigenvalue weighted by Crippen LogP contribution is 1.92. The third kappa shape index (κ3) is 1.43. The largest absolute Gasteiger partial charge is 0.381 e. The first-order chi connectivity index (χ1) is 3.93. The Balaban J connectivity index is 2.13. The summed E-state index contributed by atoms with van der Waals surface area (Å²) in [6.07, 6.45) is 0. The third-order valence-electron chi connectivity index (χ3n) is 1.25. The lowest BCUT2D eigenvalue weighted by atomic mass is 10.4. The molecule has 1 fully saturated rings. The van der Waals surface area contributed by atoms with E-state index in [4.69, 9.17) is 5.11 Å². The van der Waals surface area contributed by atoms with E-state index in [1.54, 1.807) is 0 Å². The number of nitrogens with one attached hydrogen (secondary N) is 1. The van der Waals surface area contributed by atoms with E-state index >= 15 is 0 Å². The Morgan fingerprint density at radius 1 is 1.75 bits per heavy atom. The molecule has 2 N–H and O–H groups in total. The van der Waals surface area contributed by atoms with Crippen LogP contribution in [-0.4, -0.2) is 36.4 Å². The van der Waals surface area contributed by atoms with Gasteiger partial charge in [0, 0.05) is 26.2 Å². The van der Waals surface area contributed by atoms with Crippen molar-refractivity contribution in [1.82, 2.24) is 10.2 Å². The maximum absolute atomic E-state index is 8.56. The first-order valence-electron chi connectivity index (χ1n) is 2.82. The van der Waals surface area contributed by atoms with Crippen molar-refractivity contribution in [3.8, 4) is 0 Å². The molecule has 1 aliphatic rings. The van der Waals surface area contributed by atoms with Gasteiger partial charge in [0.05, 0.1) is 6.73 Å². The van der Waals surface area contributed by atoms with Gasteiger partial charge in [0.15, 0.2) is 0 Å². The summed E-state index contributed by atoms with van der Waals surface area (Å²) >= 11 is 0. The first-order valence-corrected chi connectivity index (χ1v) is 2.82. The Bertz CT molecular complexity index is 61.4. The summed E-state index contributed by atoms with van der Waals surface area (Å²) in [5, 5.41) is 11.7. The third-order valence-corrected chi connectivity index (χ3v) is 1.25. The Morgan fingerprint density at radius 2 is 2.62 bits per heavy atom. The van der Waals surface area contributed by atoms with Crippen molar-refractivity contribution in [2.45, 2.75) is 0 Å². The minimum Gasteiger partial charge on any atom is -0.381 e. The monoisotopic (exact) mass is 115 g/mol. The summed E-state index contributed by atoms with van der Waals surface area (Å²) < 4.78 is 0. The van der Waals surface area contributed by atoms with Crippen LogP contribution in [0.5, 0.6) is 0 Å². The fourth-order valence-corrected chi connectivity index (χ4v) is 0.738. The molecule has 8 heavy (non-hydrogen) atoms. The van der Waals surface area contributed by atoms with Gasteiger partial charge in [-0.25, -0.2) is 0 Å². The number of rotatable bonds is 1. The highest BCUT2D eigenvalue weighted by molar-refractivity contribution is 4.74. The minimum absolute atomic E-state index is 0.154. The van der Waals surface area contributed by atoms with E-state index < -0.39 is 0 Å². The van der Waals surface area contributed by atoms with Crippen molar-refractivity contribution in [1.29, 1.82) is 0 Å². The average Bonchev–Trinajstić information content (AvgIpc) is 1.90. The number of nitrogens with zero attached hydrogens (tertiary/aromatic N) is 1. The number of piperazine rings is 1. The molecule has 0 aromatic heterocycles. The van der Waals surface area contributed by atoms with E-state index in [1.165, 1.54) is 0 Å². The quantitative estimate of drug-likeness (QED) is 0.460. The van der Waals surface area contributed by atoms with Gasteiger partial charge in [-0.2, -0.15) is 0 Å². The van der Waals surface area contributed by atoms with Crippen molar-refractivity contribution >= 4 is 0 Å². The summed E-state index contributed by atoms with van der Waals surface area (Å²) in [6, 6.07) is 0. The van der Waals surface area contributed by atoms with Gasteiger partial charge in [0.2, 0.25) is 0 Å². The molecular weight excluding hydrogens is 104 g/mol. The maximum Gasteiger partial charge on any atom is 0.0960 e. The number of hydrogen-bond acceptors (Lipinski definition) is 3. The lowest BCUT2D eigenvalue weighted by Gasteiger charge is -2.23. The highest BCUT2D eigenvalue weighted by atomic mass is 16.3. The smallest absolute Gasteiger partial charge is 0.0960 e. The fraction of sp³-hybridized carbons (Fsp3) is 0.800. The van der Waals surface area contributed by atoms with E-state index in [-0.39, 0.29) is 6.73 Å². The van der Waals surface area contributed by atoms with Crippen LogP contribution in [0.4, 0.5) is 0 Å². The average molecular weight is 115 g/mol. The molecule has 1 saturated heterocycles. The van der Waals surface area contributed by atoms with E-state index in [9.17, 15) is 0 Å². The maximum atomic E-state index is 8.56. The van der Waals surface area contributed by atoms with Crippen LogP contribution in [0, 0.1) is 6.54 Å². The van der Waals surface area contributed by atoms with E-state index in [2.05, 4.69) is 5.32 Å². The standard InChI is InChI=1S/C5H11N2O/c8-5-7-3-1-6-2-4-7/h3,6,8H,1-2,4-5H2. The van der Waals surface area contributed by atoms with Crippen LogP contribution < -0.4 is 5.32 Å². The highest BCUT2D eigenvalue weighted by Gasteiger charge is 2.06. The molecule has 47 valence electrons. The molecule has 1 rings (SSSR count). The van der Waals surface area contributed by atoms with Crippen LogP contribution in [0.1, 0.15) is 0 Å². The molecule has 1 aliphatic heterocycles. The summed E-state index contributed by atoms with van der Waals surface area (Å²) in [5.74, 6) is 0. The van der Waals surface area contributed by atoms with Crippen LogP contribution in [0.15, 0.2) is 0 Å². The predicted molar refractivity (Wildman–Crippen MR) is 31.0 cm³/mol. The number of aliphatic hydroxyl groups is 1. The molecule has 3 heteroatoms. The molecule has 0 amide bonds. The number of hydrogen-bond donors (Lipinski definition) is 2. The van der Waals surface area contributed by atoms with Gasteiger partial charge in [-0.15, -0.1) is 0 Å². The molecule has 1 radical (unpaired) electrons. The molecular formula is C5H11N2O. The number of aliphatic hydroxyl groups excluding tert-OH is 1. The molecule has 0 saturated carbocycles. The van der Waals surface area contributed by atoms with Crippen molar-refractivity contribution in [3.63, 3.8) is 0 Å². The van der Waals surface area contributed by atoms with E-state index in [0.717, 1.165) is 19.6 Å². The Kier molecular flexibility index (Phi) is 2.27. The van der Waals surface area contributed by atoms with E-state index in [1.807, 2.05) is 11.4 Å². The second-order valence-electron chi connectivity index (χ2n) is 1.84. The summed E-state index contributed by atoms with van der Waals surface area (Å²) in [6.45, 7) is 4.92. The topological polar surface area (TPSA) is 35.5 Å². The predicted octanol–water partition coefficient (Wildman–Crippen LogP) is -0.997.